The molecule has 0 spiro atoms. The highest BCUT2D eigenvalue weighted by atomic mass is 16.5. The minimum atomic E-state index is -0.825. The van der Waals surface area contributed by atoms with Gasteiger partial charge in [0.2, 0.25) is 0 Å². The summed E-state index contributed by atoms with van der Waals surface area (Å²) in [6.45, 7) is 6.26. The van der Waals surface area contributed by atoms with Crippen molar-refractivity contribution in [3.63, 3.8) is 0 Å². The number of methoxy groups -OCH3 is 1. The van der Waals surface area contributed by atoms with Gasteiger partial charge in [-0.25, -0.2) is 0 Å². The first-order valence-corrected chi connectivity index (χ1v) is 6.27. The van der Waals surface area contributed by atoms with Gasteiger partial charge < -0.3 is 9.84 Å². The van der Waals surface area contributed by atoms with Gasteiger partial charge in [-0.3, -0.25) is 9.69 Å². The van der Waals surface area contributed by atoms with Crippen molar-refractivity contribution in [3.8, 4) is 5.75 Å². The Balaban J connectivity index is 2.77. The maximum atomic E-state index is 10.9. The first-order chi connectivity index (χ1) is 9.08. The molecule has 0 radical (unpaired) electrons. The topological polar surface area (TPSA) is 49.8 Å². The van der Waals surface area contributed by atoms with Crippen molar-refractivity contribution < 1.29 is 14.6 Å². The van der Waals surface area contributed by atoms with Crippen LogP contribution in [0.4, 0.5) is 0 Å². The lowest BCUT2D eigenvalue weighted by Crippen LogP contribution is -2.38. The van der Waals surface area contributed by atoms with Crippen LogP contribution >= 0.6 is 0 Å². The summed E-state index contributed by atoms with van der Waals surface area (Å²) >= 11 is 0. The Hall–Kier alpha value is -1.81. The normalized spacial score (nSPS) is 12.2. The van der Waals surface area contributed by atoms with Crippen LogP contribution in [0.3, 0.4) is 0 Å². The van der Waals surface area contributed by atoms with Crippen molar-refractivity contribution >= 4 is 5.97 Å². The summed E-state index contributed by atoms with van der Waals surface area (Å²) in [5.41, 5.74) is 1.08. The summed E-state index contributed by atoms with van der Waals surface area (Å²) in [5.74, 6) is 0.0111. The van der Waals surface area contributed by atoms with E-state index in [9.17, 15) is 4.79 Å². The molecule has 0 saturated heterocycles. The number of carbonyl (C=O) groups is 1. The molecule has 0 bridgehead atoms. The highest BCUT2D eigenvalue weighted by molar-refractivity contribution is 5.69. The number of carboxylic acid groups (broad SMARTS) is 1. The summed E-state index contributed by atoms with van der Waals surface area (Å²) in [5, 5.41) is 8.93. The smallest absolute Gasteiger partial charge is 0.317 e. The Labute approximate surface area is 114 Å². The fourth-order valence-corrected chi connectivity index (χ4v) is 2.06. The Morgan fingerprint density at radius 2 is 2.21 bits per heavy atom. The molecular formula is C15H21NO3. The van der Waals surface area contributed by atoms with E-state index in [4.69, 9.17) is 9.84 Å². The Morgan fingerprint density at radius 3 is 2.79 bits per heavy atom. The molecule has 1 N–H and O–H groups in total. The Kier molecular flexibility index (Phi) is 6.09. The third-order valence-corrected chi connectivity index (χ3v) is 3.03. The lowest BCUT2D eigenvalue weighted by Gasteiger charge is -2.26. The van der Waals surface area contributed by atoms with Crippen LogP contribution in [0, 0.1) is 0 Å². The second-order valence-corrected chi connectivity index (χ2v) is 4.48. The van der Waals surface area contributed by atoms with Crippen LogP contribution < -0.4 is 4.74 Å². The number of carboxylic acids is 1. The van der Waals surface area contributed by atoms with E-state index in [0.717, 1.165) is 17.7 Å². The second kappa shape index (κ2) is 7.59. The minimum absolute atomic E-state index is 0.0162. The molecule has 1 unspecified atom stereocenters. The summed E-state index contributed by atoms with van der Waals surface area (Å²) in [6, 6.07) is 7.90. The van der Waals surface area contributed by atoms with E-state index >= 15 is 0 Å². The summed E-state index contributed by atoms with van der Waals surface area (Å²) in [6.07, 6.45) is 2.47. The quantitative estimate of drug-likeness (QED) is 0.730. The summed E-state index contributed by atoms with van der Waals surface area (Å²) in [7, 11) is 1.64. The molecule has 0 heterocycles. The minimum Gasteiger partial charge on any atom is -0.496 e. The van der Waals surface area contributed by atoms with Crippen molar-refractivity contribution in [1.82, 2.24) is 4.90 Å². The molecule has 19 heavy (non-hydrogen) atoms. The standard InChI is InChI=1S/C15H21NO3/c1-4-9-16(11-15(17)18)12(2)10-13-7-5-6-8-14(13)19-3/h4-8,12H,1,9-11H2,2-3H3,(H,17,18). The van der Waals surface area contributed by atoms with Crippen molar-refractivity contribution in [2.24, 2.45) is 0 Å². The van der Waals surface area contributed by atoms with Crippen LogP contribution in [0.5, 0.6) is 5.75 Å². The van der Waals surface area contributed by atoms with Gasteiger partial charge in [-0.05, 0) is 25.0 Å². The molecule has 4 nitrogen and oxygen atoms in total. The average molecular weight is 263 g/mol. The van der Waals surface area contributed by atoms with Gasteiger partial charge in [0.15, 0.2) is 0 Å². The fourth-order valence-electron chi connectivity index (χ4n) is 2.06. The monoisotopic (exact) mass is 263 g/mol. The van der Waals surface area contributed by atoms with Crippen LogP contribution in [0.2, 0.25) is 0 Å². The van der Waals surface area contributed by atoms with E-state index in [1.807, 2.05) is 36.1 Å². The molecule has 0 aliphatic rings. The van der Waals surface area contributed by atoms with Gasteiger partial charge in [0.25, 0.3) is 0 Å². The number of ether oxygens (including phenoxy) is 1. The van der Waals surface area contributed by atoms with E-state index in [1.54, 1.807) is 13.2 Å². The molecule has 1 aromatic carbocycles. The molecule has 0 aliphatic heterocycles. The van der Waals surface area contributed by atoms with Gasteiger partial charge >= 0.3 is 5.97 Å². The van der Waals surface area contributed by atoms with Gasteiger partial charge in [0, 0.05) is 12.6 Å². The summed E-state index contributed by atoms with van der Waals surface area (Å²) in [4.78, 5) is 12.7. The summed E-state index contributed by atoms with van der Waals surface area (Å²) < 4.78 is 5.31. The van der Waals surface area contributed by atoms with E-state index in [0.29, 0.717) is 6.54 Å². The third kappa shape index (κ3) is 4.75. The van der Waals surface area contributed by atoms with Gasteiger partial charge in [-0.15, -0.1) is 6.58 Å². The molecule has 4 heteroatoms. The first kappa shape index (κ1) is 15.2. The predicted octanol–water partition coefficient (Wildman–Crippen LogP) is 2.20. The molecular weight excluding hydrogens is 242 g/mol. The number of para-hydroxylation sites is 1. The van der Waals surface area contributed by atoms with Crippen molar-refractivity contribution in [2.45, 2.75) is 19.4 Å². The van der Waals surface area contributed by atoms with E-state index in [2.05, 4.69) is 6.58 Å². The molecule has 0 fully saturated rings. The molecule has 104 valence electrons. The third-order valence-electron chi connectivity index (χ3n) is 3.03. The molecule has 1 rings (SSSR count). The number of rotatable bonds is 8. The largest absolute Gasteiger partial charge is 0.496 e. The molecule has 0 amide bonds. The van der Waals surface area contributed by atoms with Gasteiger partial charge in [-0.2, -0.15) is 0 Å². The predicted molar refractivity (Wildman–Crippen MR) is 75.6 cm³/mol. The molecule has 0 aromatic heterocycles. The zero-order chi connectivity index (χ0) is 14.3. The van der Waals surface area contributed by atoms with E-state index in [1.165, 1.54) is 0 Å². The maximum Gasteiger partial charge on any atom is 0.317 e. The molecule has 0 aliphatic carbocycles. The van der Waals surface area contributed by atoms with Crippen LogP contribution in [-0.4, -0.2) is 42.2 Å². The zero-order valence-corrected chi connectivity index (χ0v) is 11.5. The fraction of sp³-hybridized carbons (Fsp3) is 0.400. The number of hydrogen-bond acceptors (Lipinski definition) is 3. The lowest BCUT2D eigenvalue weighted by atomic mass is 10.0. The van der Waals surface area contributed by atoms with E-state index in [-0.39, 0.29) is 12.6 Å². The van der Waals surface area contributed by atoms with Gasteiger partial charge in [0.05, 0.1) is 13.7 Å². The SMILES string of the molecule is C=CCN(CC(=O)O)C(C)Cc1ccccc1OC. The van der Waals surface area contributed by atoms with Gasteiger partial charge in [-0.1, -0.05) is 24.3 Å². The number of nitrogens with zero attached hydrogens (tertiary/aromatic N) is 1. The highest BCUT2D eigenvalue weighted by Gasteiger charge is 2.17. The Bertz CT molecular complexity index is 431. The lowest BCUT2D eigenvalue weighted by molar-refractivity contribution is -0.138. The Morgan fingerprint density at radius 1 is 1.53 bits per heavy atom. The maximum absolute atomic E-state index is 10.9. The molecule has 1 aromatic rings. The number of hydrogen-bond donors (Lipinski definition) is 1. The number of aliphatic carboxylic acids is 1. The second-order valence-electron chi connectivity index (χ2n) is 4.48. The van der Waals surface area contributed by atoms with Crippen LogP contribution in [0.15, 0.2) is 36.9 Å². The van der Waals surface area contributed by atoms with Crippen LogP contribution in [0.1, 0.15) is 12.5 Å². The average Bonchev–Trinajstić information content (AvgIpc) is 2.38. The zero-order valence-electron chi connectivity index (χ0n) is 11.5. The van der Waals surface area contributed by atoms with Crippen molar-refractivity contribution in [3.05, 3.63) is 42.5 Å². The van der Waals surface area contributed by atoms with E-state index < -0.39 is 5.97 Å². The van der Waals surface area contributed by atoms with Crippen molar-refractivity contribution in [2.75, 3.05) is 20.2 Å². The highest BCUT2D eigenvalue weighted by Crippen LogP contribution is 2.20. The van der Waals surface area contributed by atoms with Gasteiger partial charge in [0.1, 0.15) is 5.75 Å². The molecule has 0 saturated carbocycles. The number of benzene rings is 1. The molecule has 1 atom stereocenters. The first-order valence-electron chi connectivity index (χ1n) is 6.27. The van der Waals surface area contributed by atoms with Crippen molar-refractivity contribution in [1.29, 1.82) is 0 Å². The van der Waals surface area contributed by atoms with Crippen LogP contribution in [-0.2, 0) is 11.2 Å². The van der Waals surface area contributed by atoms with Crippen LogP contribution in [0.25, 0.3) is 0 Å².